The highest BCUT2D eigenvalue weighted by atomic mass is 16.6. The summed E-state index contributed by atoms with van der Waals surface area (Å²) in [7, 11) is 0. The summed E-state index contributed by atoms with van der Waals surface area (Å²) in [5.41, 5.74) is 4.96. The first-order valence-corrected chi connectivity index (χ1v) is 20.8. The summed E-state index contributed by atoms with van der Waals surface area (Å²) in [6.07, 6.45) is 5.93. The van der Waals surface area contributed by atoms with Gasteiger partial charge < -0.3 is 28.8 Å². The second-order valence-corrected chi connectivity index (χ2v) is 16.4. The normalized spacial score (nSPS) is 24.5. The summed E-state index contributed by atoms with van der Waals surface area (Å²) in [5, 5.41) is 43.8. The first kappa shape index (κ1) is 43.0. The molecular weight excluding hydrogens is 769 g/mol. The number of benzene rings is 4. The van der Waals surface area contributed by atoms with Crippen molar-refractivity contribution in [1.82, 2.24) is 0 Å². The van der Waals surface area contributed by atoms with Gasteiger partial charge in [0.05, 0.1) is 73.4 Å². The molecular formula is C46H54N4O10. The van der Waals surface area contributed by atoms with E-state index in [1.165, 1.54) is 6.07 Å². The number of hydrogen-bond donors (Lipinski definition) is 1. The summed E-state index contributed by atoms with van der Waals surface area (Å²) < 4.78 is 33.7. The van der Waals surface area contributed by atoms with Crippen LogP contribution in [-0.2, 0) is 48.1 Å². The van der Waals surface area contributed by atoms with Gasteiger partial charge in [0.25, 0.3) is 5.69 Å². The second-order valence-electron chi connectivity index (χ2n) is 16.4. The van der Waals surface area contributed by atoms with Gasteiger partial charge in [-0.15, -0.1) is 5.11 Å². The van der Waals surface area contributed by atoms with E-state index in [9.17, 15) is 25.3 Å². The molecule has 0 radical (unpaired) electrons. The number of nitro benzene ring substituents is 2. The Kier molecular flexibility index (Phi) is 13.4. The third-order valence-corrected chi connectivity index (χ3v) is 11.9. The van der Waals surface area contributed by atoms with Crippen LogP contribution in [0.3, 0.4) is 0 Å². The molecule has 2 saturated carbocycles. The average molecular weight is 823 g/mol. The number of azo groups is 1. The van der Waals surface area contributed by atoms with Gasteiger partial charge in [-0.05, 0) is 82.7 Å². The number of aryl methyl sites for hydroxylation is 4. The molecule has 2 aliphatic carbocycles. The molecule has 2 bridgehead atoms. The molecule has 4 atom stereocenters. The van der Waals surface area contributed by atoms with Crippen molar-refractivity contribution in [3.05, 3.63) is 131 Å². The predicted molar refractivity (Wildman–Crippen MR) is 224 cm³/mol. The fraction of sp³-hybridized carbons (Fsp3) is 0.478. The number of rotatable bonds is 6. The van der Waals surface area contributed by atoms with Crippen molar-refractivity contribution < 1.29 is 38.6 Å². The third-order valence-electron chi connectivity index (χ3n) is 11.9. The molecule has 1 aliphatic heterocycles. The molecule has 4 aromatic carbocycles. The minimum Gasteiger partial charge on any atom is -0.507 e. The number of nitrogens with zero attached hydrogens (tertiary/aromatic N) is 4. The Morgan fingerprint density at radius 1 is 0.633 bits per heavy atom. The van der Waals surface area contributed by atoms with E-state index < -0.39 is 32.4 Å². The fourth-order valence-electron chi connectivity index (χ4n) is 9.29. The van der Waals surface area contributed by atoms with Crippen LogP contribution in [0.4, 0.5) is 22.7 Å². The molecule has 1 N–H and O–H groups in total. The Morgan fingerprint density at radius 2 is 1.13 bits per heavy atom. The molecule has 0 amide bonds. The predicted octanol–water partition coefficient (Wildman–Crippen LogP) is 10.6. The SMILES string of the molecule is Cc1cc(C)cc([C@@]23CCCC[C@@H]2OCc2cc(N=Nc4ccc([N+](=O)[O-])cc4[N+](=O)[O-])cc(c2O)CO[C@H]2CCCC[C@@]2(c2cc(C)cc(C)c2)OCCOCCO3)c1. The van der Waals surface area contributed by atoms with Crippen molar-refractivity contribution in [3.63, 3.8) is 0 Å². The van der Waals surface area contributed by atoms with Crippen LogP contribution >= 0.6 is 0 Å². The maximum absolute atomic E-state index is 12.0. The van der Waals surface area contributed by atoms with Crippen LogP contribution in [0.5, 0.6) is 5.75 Å². The summed E-state index contributed by atoms with van der Waals surface area (Å²) in [5.74, 6) is -0.0211. The maximum atomic E-state index is 12.0. The molecule has 0 spiro atoms. The van der Waals surface area contributed by atoms with Crippen LogP contribution in [0.25, 0.3) is 0 Å². The number of aromatic hydroxyl groups is 1. The van der Waals surface area contributed by atoms with Gasteiger partial charge >= 0.3 is 5.69 Å². The molecule has 14 nitrogen and oxygen atoms in total. The highest BCUT2D eigenvalue weighted by Gasteiger charge is 2.46. The van der Waals surface area contributed by atoms with E-state index in [1.54, 1.807) is 12.1 Å². The summed E-state index contributed by atoms with van der Waals surface area (Å²) in [4.78, 5) is 21.9. The molecule has 14 heteroatoms. The molecule has 1 heterocycles. The monoisotopic (exact) mass is 822 g/mol. The van der Waals surface area contributed by atoms with Crippen molar-refractivity contribution in [1.29, 1.82) is 0 Å². The average Bonchev–Trinajstić information content (AvgIpc) is 3.21. The lowest BCUT2D eigenvalue weighted by Crippen LogP contribution is -2.47. The Balaban J connectivity index is 1.30. The van der Waals surface area contributed by atoms with Gasteiger partial charge in [0.15, 0.2) is 5.69 Å². The summed E-state index contributed by atoms with van der Waals surface area (Å²) in [6.45, 7) is 9.69. The van der Waals surface area contributed by atoms with Crippen molar-refractivity contribution >= 4 is 22.7 Å². The van der Waals surface area contributed by atoms with Crippen molar-refractivity contribution in [2.24, 2.45) is 10.2 Å². The Bertz CT molecular complexity index is 2100. The smallest absolute Gasteiger partial charge is 0.303 e. The quantitative estimate of drug-likeness (QED) is 0.112. The second kappa shape index (κ2) is 18.7. The number of nitro groups is 2. The maximum Gasteiger partial charge on any atom is 0.303 e. The first-order chi connectivity index (χ1) is 28.9. The van der Waals surface area contributed by atoms with Gasteiger partial charge in [0, 0.05) is 17.2 Å². The molecule has 0 unspecified atom stereocenters. The van der Waals surface area contributed by atoms with Crippen LogP contribution in [0, 0.1) is 47.9 Å². The zero-order valence-corrected chi connectivity index (χ0v) is 34.8. The molecule has 7 rings (SSSR count). The molecule has 4 aromatic rings. The van der Waals surface area contributed by atoms with E-state index in [-0.39, 0.29) is 42.5 Å². The number of fused-ring (bicyclic) bond motifs is 4. The van der Waals surface area contributed by atoms with Gasteiger partial charge in [0.2, 0.25) is 0 Å². The minimum absolute atomic E-state index is 0.00397. The van der Waals surface area contributed by atoms with E-state index in [4.69, 9.17) is 23.7 Å². The Labute approximate surface area is 350 Å². The van der Waals surface area contributed by atoms with Crippen LogP contribution < -0.4 is 0 Å². The molecule has 3 aliphatic rings. The zero-order chi connectivity index (χ0) is 42.4. The van der Waals surface area contributed by atoms with Crippen molar-refractivity contribution in [2.45, 2.75) is 116 Å². The lowest BCUT2D eigenvalue weighted by molar-refractivity contribution is -0.393. The number of phenolic OH excluding ortho intramolecular Hbond substituents is 1. The highest BCUT2D eigenvalue weighted by Crippen LogP contribution is 2.46. The first-order valence-electron chi connectivity index (χ1n) is 20.8. The van der Waals surface area contributed by atoms with Crippen molar-refractivity contribution in [2.75, 3.05) is 26.4 Å². The fourth-order valence-corrected chi connectivity index (χ4v) is 9.29. The van der Waals surface area contributed by atoms with Gasteiger partial charge in [-0.25, -0.2) is 0 Å². The topological polar surface area (TPSA) is 177 Å². The number of hydrogen-bond acceptors (Lipinski definition) is 12. The van der Waals surface area contributed by atoms with Crippen LogP contribution in [0.1, 0.15) is 95.9 Å². The molecule has 60 heavy (non-hydrogen) atoms. The van der Waals surface area contributed by atoms with E-state index in [2.05, 4.69) is 74.3 Å². The van der Waals surface area contributed by atoms with Gasteiger partial charge in [-0.2, -0.15) is 5.11 Å². The third kappa shape index (κ3) is 9.43. The van der Waals surface area contributed by atoms with Crippen LogP contribution in [-0.4, -0.2) is 53.6 Å². The van der Waals surface area contributed by atoms with E-state index in [0.29, 0.717) is 37.6 Å². The van der Waals surface area contributed by atoms with E-state index >= 15 is 0 Å². The van der Waals surface area contributed by atoms with Gasteiger partial charge in [0.1, 0.15) is 17.0 Å². The zero-order valence-electron chi connectivity index (χ0n) is 34.8. The van der Waals surface area contributed by atoms with E-state index in [1.807, 2.05) is 0 Å². The lowest BCUT2D eigenvalue weighted by Gasteiger charge is -2.45. The standard InChI is InChI=1S/C46H54N4O10/c1-30-19-31(2)22-36(21-30)45-13-7-5-9-42(45)57-28-34-25-38(47-48-40-12-11-39(49(52)53)27-41(40)50(54)55)26-35(44(34)51)29-58-43-10-6-8-14-46(43,60-18-16-56-15-17-59-45)37-23-32(3)20-33(4)24-37/h11-12,19-27,42-43,51H,5-10,13-18,28-29H2,1-4H3/t42-,43-,45-,46-/m0/s1. The molecule has 0 aromatic heterocycles. The Hall–Kier alpha value is -5.12. The van der Waals surface area contributed by atoms with Crippen LogP contribution in [0.15, 0.2) is 77.0 Å². The highest BCUT2D eigenvalue weighted by molar-refractivity contribution is 5.62. The minimum atomic E-state index is -0.781. The molecule has 318 valence electrons. The van der Waals surface area contributed by atoms with E-state index in [0.717, 1.165) is 96.9 Å². The van der Waals surface area contributed by atoms with Gasteiger partial charge in [-0.1, -0.05) is 84.3 Å². The lowest BCUT2D eigenvalue weighted by atomic mass is 9.76. The number of phenols is 1. The summed E-state index contributed by atoms with van der Waals surface area (Å²) >= 11 is 0. The summed E-state index contributed by atoms with van der Waals surface area (Å²) in [6, 6.07) is 19.4. The Morgan fingerprint density at radius 3 is 1.60 bits per heavy atom. The number of ether oxygens (including phenoxy) is 5. The van der Waals surface area contributed by atoms with Gasteiger partial charge in [-0.3, -0.25) is 20.2 Å². The van der Waals surface area contributed by atoms with Crippen LogP contribution in [0.2, 0.25) is 0 Å². The largest absolute Gasteiger partial charge is 0.507 e. The number of non-ortho nitro benzene ring substituents is 1. The molecule has 0 saturated heterocycles. The van der Waals surface area contributed by atoms with Crippen molar-refractivity contribution in [3.8, 4) is 5.75 Å². The molecule has 2 fully saturated rings.